The van der Waals surface area contributed by atoms with E-state index in [1.54, 1.807) is 6.92 Å². The second kappa shape index (κ2) is 7.66. The van der Waals surface area contributed by atoms with Crippen molar-refractivity contribution in [2.75, 3.05) is 5.32 Å². The van der Waals surface area contributed by atoms with Crippen LogP contribution in [0.2, 0.25) is 0 Å². The van der Waals surface area contributed by atoms with Crippen LogP contribution in [0.1, 0.15) is 58.6 Å². The highest BCUT2D eigenvalue weighted by Crippen LogP contribution is 2.46. The molecule has 152 valence electrons. The molecule has 0 unspecified atom stereocenters. The highest BCUT2D eigenvalue weighted by atomic mass is 16.1. The first kappa shape index (κ1) is 19.7. The molecule has 0 aliphatic heterocycles. The minimum atomic E-state index is 0.182. The van der Waals surface area contributed by atoms with E-state index in [0.717, 1.165) is 29.1 Å². The van der Waals surface area contributed by atoms with E-state index in [4.69, 9.17) is 4.98 Å². The Balaban J connectivity index is 1.69. The molecule has 4 nitrogen and oxygen atoms in total. The number of hydrogen-bond donors (Lipinski definition) is 1. The number of Topliss-reactive ketones (excluding diaryl/α,β-unsaturated/α-hetero) is 1. The summed E-state index contributed by atoms with van der Waals surface area (Å²) in [5, 5.41) is 3.55. The second-order valence-electron chi connectivity index (χ2n) is 9.56. The van der Waals surface area contributed by atoms with E-state index in [1.165, 1.54) is 18.4 Å². The Kier molecular flexibility index (Phi) is 5.20. The van der Waals surface area contributed by atoms with Crippen molar-refractivity contribution in [2.45, 2.75) is 59.4 Å². The van der Waals surface area contributed by atoms with Gasteiger partial charge in [0.25, 0.3) is 0 Å². The van der Waals surface area contributed by atoms with Gasteiger partial charge in [-0.15, -0.1) is 0 Å². The smallest absolute Gasteiger partial charge is 0.208 e. The molecule has 3 aromatic rings. The van der Waals surface area contributed by atoms with E-state index < -0.39 is 0 Å². The van der Waals surface area contributed by atoms with Crippen LogP contribution in [0.3, 0.4) is 0 Å². The fourth-order valence-corrected chi connectivity index (χ4v) is 5.12. The first-order valence-electron chi connectivity index (χ1n) is 10.6. The zero-order valence-corrected chi connectivity index (χ0v) is 17.9. The Bertz CT molecular complexity index is 1020. The van der Waals surface area contributed by atoms with Crippen LogP contribution in [0.4, 0.5) is 11.6 Å². The number of anilines is 2. The van der Waals surface area contributed by atoms with Crippen LogP contribution in [0, 0.1) is 11.3 Å². The number of carbonyl (C=O) groups is 1. The topological polar surface area (TPSA) is 46.9 Å². The third-order valence-electron chi connectivity index (χ3n) is 5.99. The Labute approximate surface area is 173 Å². The lowest BCUT2D eigenvalue weighted by molar-refractivity contribution is -0.116. The van der Waals surface area contributed by atoms with Gasteiger partial charge < -0.3 is 9.88 Å². The van der Waals surface area contributed by atoms with Gasteiger partial charge in [0.2, 0.25) is 5.95 Å². The Morgan fingerprint density at radius 2 is 1.86 bits per heavy atom. The standard InChI is InChI=1S/C25H31N3O/c1-17-13-21(16-25(3,4)15-17)28-23-8-6-5-7-22(23)27-24(28)26-20-11-9-19(10-12-20)14-18(2)29/h5-12,17,21H,13-16H2,1-4H3,(H,26,27)/t17-,21+/m1/s1. The molecule has 4 heteroatoms. The van der Waals surface area contributed by atoms with E-state index >= 15 is 0 Å². The summed E-state index contributed by atoms with van der Waals surface area (Å²) in [6.07, 6.45) is 4.09. The summed E-state index contributed by atoms with van der Waals surface area (Å²) in [6, 6.07) is 16.9. The van der Waals surface area contributed by atoms with E-state index in [1.807, 2.05) is 30.3 Å². The molecule has 29 heavy (non-hydrogen) atoms. The van der Waals surface area contributed by atoms with Crippen LogP contribution in [-0.4, -0.2) is 15.3 Å². The van der Waals surface area contributed by atoms with Crippen LogP contribution >= 0.6 is 0 Å². The highest BCUT2D eigenvalue weighted by molar-refractivity contribution is 5.80. The second-order valence-corrected chi connectivity index (χ2v) is 9.56. The zero-order chi connectivity index (χ0) is 20.6. The minimum absolute atomic E-state index is 0.182. The molecule has 1 heterocycles. The first-order chi connectivity index (χ1) is 13.8. The maximum atomic E-state index is 11.4. The Morgan fingerprint density at radius 1 is 1.14 bits per heavy atom. The summed E-state index contributed by atoms with van der Waals surface area (Å²) in [5.41, 5.74) is 4.59. The largest absolute Gasteiger partial charge is 0.326 e. The maximum absolute atomic E-state index is 11.4. The van der Waals surface area contributed by atoms with Crippen molar-refractivity contribution in [1.29, 1.82) is 0 Å². The highest BCUT2D eigenvalue weighted by Gasteiger charge is 2.34. The molecule has 1 fully saturated rings. The summed E-state index contributed by atoms with van der Waals surface area (Å²) >= 11 is 0. The Morgan fingerprint density at radius 3 is 2.55 bits per heavy atom. The molecule has 1 aliphatic carbocycles. The molecule has 2 aromatic carbocycles. The predicted molar refractivity (Wildman–Crippen MR) is 120 cm³/mol. The van der Waals surface area contributed by atoms with E-state index in [9.17, 15) is 4.79 Å². The van der Waals surface area contributed by atoms with Gasteiger partial charge in [0.15, 0.2) is 0 Å². The molecule has 0 spiro atoms. The maximum Gasteiger partial charge on any atom is 0.208 e. The van der Waals surface area contributed by atoms with Crippen molar-refractivity contribution in [2.24, 2.45) is 11.3 Å². The third-order valence-corrected chi connectivity index (χ3v) is 5.99. The number of nitrogens with one attached hydrogen (secondary N) is 1. The summed E-state index contributed by atoms with van der Waals surface area (Å²) in [7, 11) is 0. The van der Waals surface area contributed by atoms with Gasteiger partial charge in [0.1, 0.15) is 5.78 Å². The number of nitrogens with zero attached hydrogens (tertiary/aromatic N) is 2. The fraction of sp³-hybridized carbons (Fsp3) is 0.440. The minimum Gasteiger partial charge on any atom is -0.326 e. The number of benzene rings is 2. The van der Waals surface area contributed by atoms with Crippen molar-refractivity contribution in [3.63, 3.8) is 0 Å². The molecule has 0 radical (unpaired) electrons. The van der Waals surface area contributed by atoms with Gasteiger partial charge >= 0.3 is 0 Å². The average molecular weight is 390 g/mol. The van der Waals surface area contributed by atoms with Gasteiger partial charge in [-0.3, -0.25) is 4.79 Å². The number of fused-ring (bicyclic) bond motifs is 1. The SMILES string of the molecule is CC(=O)Cc1ccc(Nc2nc3ccccc3n2[C@H]2C[C@@H](C)CC(C)(C)C2)cc1. The molecule has 1 aliphatic rings. The average Bonchev–Trinajstić information content (AvgIpc) is 2.99. The van der Waals surface area contributed by atoms with Crippen LogP contribution in [-0.2, 0) is 11.2 Å². The lowest BCUT2D eigenvalue weighted by atomic mass is 9.70. The van der Waals surface area contributed by atoms with Crippen LogP contribution < -0.4 is 5.32 Å². The molecule has 0 amide bonds. The van der Waals surface area contributed by atoms with E-state index in [0.29, 0.717) is 23.8 Å². The normalized spacial score (nSPS) is 21.2. The quantitative estimate of drug-likeness (QED) is 0.557. The van der Waals surface area contributed by atoms with Gasteiger partial charge in [-0.2, -0.15) is 0 Å². The molecular weight excluding hydrogens is 358 g/mol. The summed E-state index contributed by atoms with van der Waals surface area (Å²) in [5.74, 6) is 1.78. The first-order valence-corrected chi connectivity index (χ1v) is 10.6. The van der Waals surface area contributed by atoms with Crippen molar-refractivity contribution in [3.8, 4) is 0 Å². The lowest BCUT2D eigenvalue weighted by Crippen LogP contribution is -2.29. The number of para-hydroxylation sites is 2. The molecule has 2 atom stereocenters. The number of carbonyl (C=O) groups excluding carboxylic acids is 1. The number of aromatic nitrogens is 2. The van der Waals surface area contributed by atoms with E-state index in [-0.39, 0.29) is 5.78 Å². The molecule has 1 N–H and O–H groups in total. The fourth-order valence-electron chi connectivity index (χ4n) is 5.12. The van der Waals surface area contributed by atoms with Crippen LogP contribution in [0.5, 0.6) is 0 Å². The van der Waals surface area contributed by atoms with Gasteiger partial charge in [-0.25, -0.2) is 4.98 Å². The molecule has 1 saturated carbocycles. The molecular formula is C25H31N3O. The monoisotopic (exact) mass is 389 g/mol. The molecule has 0 saturated heterocycles. The number of imidazole rings is 1. The molecule has 4 rings (SSSR count). The number of rotatable bonds is 5. The van der Waals surface area contributed by atoms with Gasteiger partial charge in [0, 0.05) is 18.2 Å². The van der Waals surface area contributed by atoms with Crippen molar-refractivity contribution in [3.05, 3.63) is 54.1 Å². The third kappa shape index (κ3) is 4.36. The summed E-state index contributed by atoms with van der Waals surface area (Å²) in [4.78, 5) is 16.3. The number of hydrogen-bond acceptors (Lipinski definition) is 3. The summed E-state index contributed by atoms with van der Waals surface area (Å²) < 4.78 is 2.41. The van der Waals surface area contributed by atoms with Crippen molar-refractivity contribution in [1.82, 2.24) is 9.55 Å². The van der Waals surface area contributed by atoms with Crippen LogP contribution in [0.15, 0.2) is 48.5 Å². The molecule has 1 aromatic heterocycles. The summed E-state index contributed by atoms with van der Waals surface area (Å²) in [6.45, 7) is 8.76. The predicted octanol–water partition coefficient (Wildman–Crippen LogP) is 6.30. The number of ketones is 1. The van der Waals surface area contributed by atoms with Gasteiger partial charge in [-0.05, 0) is 67.3 Å². The van der Waals surface area contributed by atoms with Gasteiger partial charge in [0.05, 0.1) is 11.0 Å². The lowest BCUT2D eigenvalue weighted by Gasteiger charge is -2.40. The van der Waals surface area contributed by atoms with Crippen LogP contribution in [0.25, 0.3) is 11.0 Å². The Hall–Kier alpha value is -2.62. The van der Waals surface area contributed by atoms with Gasteiger partial charge in [-0.1, -0.05) is 45.0 Å². The van der Waals surface area contributed by atoms with Crippen molar-refractivity contribution < 1.29 is 4.79 Å². The van der Waals surface area contributed by atoms with E-state index in [2.05, 4.69) is 48.9 Å². The van der Waals surface area contributed by atoms with Crippen molar-refractivity contribution >= 4 is 28.5 Å². The molecule has 0 bridgehead atoms. The zero-order valence-electron chi connectivity index (χ0n) is 17.9.